The highest BCUT2D eigenvalue weighted by atomic mass is 16.7. The van der Waals surface area contributed by atoms with Gasteiger partial charge in [-0.1, -0.05) is 50.2 Å². The normalized spacial score (nSPS) is 16.6. The van der Waals surface area contributed by atoms with Crippen LogP contribution in [0.2, 0.25) is 0 Å². The molecule has 0 saturated carbocycles. The number of nitrogen functional groups attached to an aromatic ring is 1. The van der Waals surface area contributed by atoms with Crippen LogP contribution in [0, 0.1) is 0 Å². The maximum Gasteiger partial charge on any atom is 0.494 e. The number of pyridine rings is 1. The first-order chi connectivity index (χ1) is 16.0. The summed E-state index contributed by atoms with van der Waals surface area (Å²) in [6, 6.07) is 17.3. The molecule has 6 nitrogen and oxygen atoms in total. The zero-order valence-electron chi connectivity index (χ0n) is 20.7. The number of nitrogens with one attached hydrogen (secondary N) is 1. The smallest absolute Gasteiger partial charge is 0.399 e. The number of amides is 1. The van der Waals surface area contributed by atoms with Gasteiger partial charge in [-0.2, -0.15) is 0 Å². The Kier molecular flexibility index (Phi) is 6.27. The number of benzene rings is 2. The summed E-state index contributed by atoms with van der Waals surface area (Å²) in [6.07, 6.45) is 1.74. The first-order valence-corrected chi connectivity index (χ1v) is 11.6. The van der Waals surface area contributed by atoms with Crippen LogP contribution in [0.15, 0.2) is 60.8 Å². The molecule has 0 atom stereocenters. The molecule has 176 valence electrons. The van der Waals surface area contributed by atoms with Crippen LogP contribution in [-0.2, 0) is 9.31 Å². The molecule has 0 aliphatic carbocycles. The third-order valence-corrected chi connectivity index (χ3v) is 6.76. The number of hydrogen-bond acceptors (Lipinski definition) is 5. The first kappa shape index (κ1) is 24.0. The van der Waals surface area contributed by atoms with Crippen molar-refractivity contribution in [3.63, 3.8) is 0 Å². The van der Waals surface area contributed by atoms with Gasteiger partial charge in [0, 0.05) is 6.20 Å². The summed E-state index contributed by atoms with van der Waals surface area (Å²) in [5, 5.41) is 2.89. The maximum atomic E-state index is 12.7. The highest BCUT2D eigenvalue weighted by Gasteiger charge is 2.51. The van der Waals surface area contributed by atoms with E-state index in [4.69, 9.17) is 15.0 Å². The van der Waals surface area contributed by atoms with E-state index in [2.05, 4.69) is 24.1 Å². The Bertz CT molecular complexity index is 1170. The standard InChI is InChI=1S/C27H32BN3O3/c1-17(2)20-10-14-23(30-16-20)25(32)31-24-15-19(9-13-22(24)29)18-7-11-21(12-8-18)28-33-26(3,4)27(5,6)34-28/h7-17H,29H2,1-6H3,(H,31,32). The molecule has 0 unspecified atom stereocenters. The van der Waals surface area contributed by atoms with Gasteiger partial charge in [0.2, 0.25) is 0 Å². The predicted octanol–water partition coefficient (Wildman–Crippen LogP) is 5.01. The molecule has 3 N–H and O–H groups in total. The summed E-state index contributed by atoms with van der Waals surface area (Å²) in [6.45, 7) is 12.3. The second kappa shape index (κ2) is 8.89. The fraction of sp³-hybridized carbons (Fsp3) is 0.333. The van der Waals surface area contributed by atoms with Crippen molar-refractivity contribution in [2.75, 3.05) is 11.1 Å². The summed E-state index contributed by atoms with van der Waals surface area (Å²) < 4.78 is 12.3. The maximum absolute atomic E-state index is 12.7. The Balaban J connectivity index is 1.51. The Hall–Kier alpha value is -3.16. The van der Waals surface area contributed by atoms with Crippen LogP contribution in [0.3, 0.4) is 0 Å². The topological polar surface area (TPSA) is 86.5 Å². The van der Waals surface area contributed by atoms with Crippen molar-refractivity contribution in [3.8, 4) is 11.1 Å². The van der Waals surface area contributed by atoms with Crippen molar-refractivity contribution < 1.29 is 14.1 Å². The molecule has 4 rings (SSSR count). The van der Waals surface area contributed by atoms with Crippen LogP contribution in [0.4, 0.5) is 11.4 Å². The van der Waals surface area contributed by atoms with Crippen molar-refractivity contribution in [1.82, 2.24) is 4.98 Å². The molecule has 3 aromatic rings. The van der Waals surface area contributed by atoms with Gasteiger partial charge in [-0.3, -0.25) is 9.78 Å². The van der Waals surface area contributed by atoms with Gasteiger partial charge in [0.25, 0.3) is 5.91 Å². The van der Waals surface area contributed by atoms with Crippen LogP contribution >= 0.6 is 0 Å². The van der Waals surface area contributed by atoms with Gasteiger partial charge < -0.3 is 20.4 Å². The van der Waals surface area contributed by atoms with Crippen molar-refractivity contribution in [2.45, 2.75) is 58.7 Å². The molecule has 1 saturated heterocycles. The number of nitrogens with two attached hydrogens (primary N) is 1. The first-order valence-electron chi connectivity index (χ1n) is 11.6. The molecule has 2 aromatic carbocycles. The minimum absolute atomic E-state index is 0.296. The third-order valence-electron chi connectivity index (χ3n) is 6.76. The Labute approximate surface area is 202 Å². The van der Waals surface area contributed by atoms with Crippen LogP contribution in [0.25, 0.3) is 11.1 Å². The molecule has 1 aliphatic heterocycles. The third kappa shape index (κ3) is 4.72. The quantitative estimate of drug-likeness (QED) is 0.416. The SMILES string of the molecule is CC(C)c1ccc(C(=O)Nc2cc(-c3ccc(B4OC(C)(C)C(C)(C)O4)cc3)ccc2N)nc1. The van der Waals surface area contributed by atoms with Crippen LogP contribution in [-0.4, -0.2) is 29.2 Å². The lowest BCUT2D eigenvalue weighted by Crippen LogP contribution is -2.41. The summed E-state index contributed by atoms with van der Waals surface area (Å²) in [7, 11) is -0.407. The minimum Gasteiger partial charge on any atom is -0.399 e. The van der Waals surface area contributed by atoms with Gasteiger partial charge >= 0.3 is 7.12 Å². The summed E-state index contributed by atoms with van der Waals surface area (Å²) in [5.41, 5.74) is 10.7. The average Bonchev–Trinajstić information content (AvgIpc) is 3.02. The van der Waals surface area contributed by atoms with E-state index in [9.17, 15) is 4.79 Å². The van der Waals surface area contributed by atoms with E-state index in [-0.39, 0.29) is 17.1 Å². The molecule has 0 bridgehead atoms. The number of aromatic nitrogens is 1. The molecule has 1 amide bonds. The van der Waals surface area contributed by atoms with E-state index in [0.717, 1.165) is 22.2 Å². The number of carbonyl (C=O) groups is 1. The zero-order chi connectivity index (χ0) is 24.7. The van der Waals surface area contributed by atoms with Crippen LogP contribution < -0.4 is 16.5 Å². The molecule has 7 heteroatoms. The van der Waals surface area contributed by atoms with Crippen molar-refractivity contribution in [3.05, 3.63) is 72.1 Å². The number of anilines is 2. The lowest BCUT2D eigenvalue weighted by molar-refractivity contribution is 0.00578. The molecule has 34 heavy (non-hydrogen) atoms. The molecule has 0 radical (unpaired) electrons. The highest BCUT2D eigenvalue weighted by Crippen LogP contribution is 2.36. The van der Waals surface area contributed by atoms with Crippen molar-refractivity contribution in [1.29, 1.82) is 0 Å². The lowest BCUT2D eigenvalue weighted by Gasteiger charge is -2.32. The Morgan fingerprint density at radius 2 is 1.56 bits per heavy atom. The number of rotatable bonds is 5. The van der Waals surface area contributed by atoms with Gasteiger partial charge in [0.15, 0.2) is 0 Å². The molecular formula is C27H32BN3O3. The fourth-order valence-electron chi connectivity index (χ4n) is 3.72. The van der Waals surface area contributed by atoms with E-state index < -0.39 is 7.12 Å². The summed E-state index contributed by atoms with van der Waals surface area (Å²) in [4.78, 5) is 17.0. The number of hydrogen-bond donors (Lipinski definition) is 2. The van der Waals surface area contributed by atoms with E-state index in [1.807, 2.05) is 70.2 Å². The number of carbonyl (C=O) groups excluding carboxylic acids is 1. The Morgan fingerprint density at radius 3 is 2.12 bits per heavy atom. The van der Waals surface area contributed by atoms with Crippen molar-refractivity contribution >= 4 is 29.9 Å². The van der Waals surface area contributed by atoms with Gasteiger partial charge in [-0.05, 0) is 74.0 Å². The van der Waals surface area contributed by atoms with E-state index in [1.54, 1.807) is 18.3 Å². The molecular weight excluding hydrogens is 425 g/mol. The molecule has 1 aromatic heterocycles. The molecule has 2 heterocycles. The second-order valence-electron chi connectivity index (χ2n) is 10.1. The largest absolute Gasteiger partial charge is 0.494 e. The minimum atomic E-state index is -0.407. The average molecular weight is 457 g/mol. The van der Waals surface area contributed by atoms with Crippen LogP contribution in [0.1, 0.15) is 63.5 Å². The molecule has 1 fully saturated rings. The van der Waals surface area contributed by atoms with Crippen LogP contribution in [0.5, 0.6) is 0 Å². The van der Waals surface area contributed by atoms with E-state index in [0.29, 0.717) is 23.0 Å². The zero-order valence-corrected chi connectivity index (χ0v) is 20.7. The lowest BCUT2D eigenvalue weighted by atomic mass is 9.78. The van der Waals surface area contributed by atoms with E-state index >= 15 is 0 Å². The van der Waals surface area contributed by atoms with Gasteiger partial charge in [-0.15, -0.1) is 0 Å². The highest BCUT2D eigenvalue weighted by molar-refractivity contribution is 6.62. The van der Waals surface area contributed by atoms with Gasteiger partial charge in [-0.25, -0.2) is 0 Å². The van der Waals surface area contributed by atoms with Gasteiger partial charge in [0.1, 0.15) is 5.69 Å². The van der Waals surface area contributed by atoms with Crippen molar-refractivity contribution in [2.24, 2.45) is 0 Å². The molecule has 0 spiro atoms. The monoisotopic (exact) mass is 457 g/mol. The number of nitrogens with zero attached hydrogens (tertiary/aromatic N) is 1. The summed E-state index contributed by atoms with van der Waals surface area (Å²) in [5.74, 6) is 0.0587. The fourth-order valence-corrected chi connectivity index (χ4v) is 3.72. The predicted molar refractivity (Wildman–Crippen MR) is 138 cm³/mol. The van der Waals surface area contributed by atoms with E-state index in [1.165, 1.54) is 0 Å². The van der Waals surface area contributed by atoms with Gasteiger partial charge in [0.05, 0.1) is 22.6 Å². The molecule has 1 aliphatic rings. The summed E-state index contributed by atoms with van der Waals surface area (Å²) >= 11 is 0. The Morgan fingerprint density at radius 1 is 0.941 bits per heavy atom. The second-order valence-corrected chi connectivity index (χ2v) is 10.1.